The van der Waals surface area contributed by atoms with Gasteiger partial charge in [-0.05, 0) is 18.6 Å². The molecule has 0 saturated carbocycles. The van der Waals surface area contributed by atoms with Crippen LogP contribution < -0.4 is 5.32 Å². The molecular formula is C13H12N4O. The summed E-state index contributed by atoms with van der Waals surface area (Å²) >= 11 is 0. The predicted octanol–water partition coefficient (Wildman–Crippen LogP) is 1.85. The van der Waals surface area contributed by atoms with Gasteiger partial charge in [0.2, 0.25) is 0 Å². The Kier molecular flexibility index (Phi) is 3.11. The van der Waals surface area contributed by atoms with Crippen LogP contribution in [0.2, 0.25) is 0 Å². The Bertz CT molecular complexity index is 637. The van der Waals surface area contributed by atoms with E-state index in [2.05, 4.69) is 10.4 Å². The normalized spacial score (nSPS) is 9.83. The minimum absolute atomic E-state index is 0.242. The van der Waals surface area contributed by atoms with Gasteiger partial charge >= 0.3 is 0 Å². The first kappa shape index (κ1) is 11.9. The molecule has 1 N–H and O–H groups in total. The van der Waals surface area contributed by atoms with Crippen LogP contribution in [0.25, 0.3) is 0 Å². The molecule has 1 aromatic carbocycles. The lowest BCUT2D eigenvalue weighted by Crippen LogP contribution is -2.16. The van der Waals surface area contributed by atoms with Gasteiger partial charge < -0.3 is 5.32 Å². The van der Waals surface area contributed by atoms with Crippen molar-refractivity contribution in [1.82, 2.24) is 9.78 Å². The number of hydrogen-bond donors (Lipinski definition) is 1. The van der Waals surface area contributed by atoms with E-state index in [1.54, 1.807) is 19.2 Å². The number of anilines is 1. The molecular weight excluding hydrogens is 228 g/mol. The van der Waals surface area contributed by atoms with Crippen LogP contribution in [0.5, 0.6) is 0 Å². The molecule has 0 radical (unpaired) electrons. The SMILES string of the molecule is Cc1ccccc1C(=O)Nc1c(C#N)cnn1C. The van der Waals surface area contributed by atoms with Crippen LogP contribution in [0.3, 0.4) is 0 Å². The second-order valence-corrected chi connectivity index (χ2v) is 3.91. The lowest BCUT2D eigenvalue weighted by molar-refractivity contribution is 0.102. The number of nitrogens with zero attached hydrogens (tertiary/aromatic N) is 3. The number of carbonyl (C=O) groups is 1. The number of hydrogen-bond acceptors (Lipinski definition) is 3. The summed E-state index contributed by atoms with van der Waals surface area (Å²) in [4.78, 5) is 12.1. The quantitative estimate of drug-likeness (QED) is 0.870. The first-order chi connectivity index (χ1) is 8.63. The van der Waals surface area contributed by atoms with Gasteiger partial charge in [0.15, 0.2) is 0 Å². The number of benzene rings is 1. The van der Waals surface area contributed by atoms with Gasteiger partial charge in [0.1, 0.15) is 17.5 Å². The third-order valence-corrected chi connectivity index (χ3v) is 2.68. The van der Waals surface area contributed by atoms with Crippen molar-refractivity contribution in [3.8, 4) is 6.07 Å². The Hall–Kier alpha value is -2.61. The topological polar surface area (TPSA) is 70.7 Å². The zero-order chi connectivity index (χ0) is 13.1. The average Bonchev–Trinajstić information content (AvgIpc) is 2.71. The van der Waals surface area contributed by atoms with Crippen molar-refractivity contribution in [2.24, 2.45) is 7.05 Å². The fourth-order valence-electron chi connectivity index (χ4n) is 1.67. The fourth-order valence-corrected chi connectivity index (χ4v) is 1.67. The maximum absolute atomic E-state index is 12.1. The molecule has 1 heterocycles. The van der Waals surface area contributed by atoms with Crippen molar-refractivity contribution in [3.05, 3.63) is 47.2 Å². The van der Waals surface area contributed by atoms with Gasteiger partial charge in [-0.2, -0.15) is 10.4 Å². The molecule has 1 aromatic heterocycles. The third kappa shape index (κ3) is 2.09. The monoisotopic (exact) mass is 240 g/mol. The van der Waals surface area contributed by atoms with E-state index in [-0.39, 0.29) is 5.91 Å². The maximum atomic E-state index is 12.1. The zero-order valence-corrected chi connectivity index (χ0v) is 10.1. The van der Waals surface area contributed by atoms with Gasteiger partial charge in [0.05, 0.1) is 6.20 Å². The Morgan fingerprint density at radius 3 is 2.83 bits per heavy atom. The zero-order valence-electron chi connectivity index (χ0n) is 10.1. The van der Waals surface area contributed by atoms with Crippen molar-refractivity contribution in [2.45, 2.75) is 6.92 Å². The van der Waals surface area contributed by atoms with Gasteiger partial charge in [-0.15, -0.1) is 0 Å². The molecule has 0 bridgehead atoms. The molecule has 0 spiro atoms. The predicted molar refractivity (Wildman–Crippen MR) is 67.1 cm³/mol. The summed E-state index contributed by atoms with van der Waals surface area (Å²) in [5.41, 5.74) is 1.82. The van der Waals surface area contributed by atoms with E-state index in [4.69, 9.17) is 5.26 Å². The molecule has 2 rings (SSSR count). The van der Waals surface area contributed by atoms with E-state index < -0.39 is 0 Å². The van der Waals surface area contributed by atoms with Crippen molar-refractivity contribution in [3.63, 3.8) is 0 Å². The molecule has 90 valence electrons. The molecule has 18 heavy (non-hydrogen) atoms. The third-order valence-electron chi connectivity index (χ3n) is 2.68. The number of aryl methyl sites for hydroxylation is 2. The second kappa shape index (κ2) is 4.72. The van der Waals surface area contributed by atoms with Crippen LogP contribution in [-0.4, -0.2) is 15.7 Å². The Labute approximate surface area is 105 Å². The standard InChI is InChI=1S/C13H12N4O/c1-9-5-3-4-6-11(9)13(18)16-12-10(7-14)8-15-17(12)2/h3-6,8H,1-2H3,(H,16,18). The summed E-state index contributed by atoms with van der Waals surface area (Å²) < 4.78 is 1.47. The van der Waals surface area contributed by atoms with Crippen molar-refractivity contribution in [2.75, 3.05) is 5.32 Å². The van der Waals surface area contributed by atoms with E-state index >= 15 is 0 Å². The van der Waals surface area contributed by atoms with E-state index in [0.717, 1.165) is 5.56 Å². The first-order valence-corrected chi connectivity index (χ1v) is 5.42. The number of rotatable bonds is 2. The van der Waals surface area contributed by atoms with Crippen molar-refractivity contribution in [1.29, 1.82) is 5.26 Å². The smallest absolute Gasteiger partial charge is 0.257 e. The molecule has 0 aliphatic rings. The number of amides is 1. The van der Waals surface area contributed by atoms with Crippen LogP contribution in [-0.2, 0) is 7.05 Å². The Balaban J connectivity index is 2.31. The summed E-state index contributed by atoms with van der Waals surface area (Å²) in [6, 6.07) is 9.27. The largest absolute Gasteiger partial charge is 0.306 e. The molecule has 0 saturated heterocycles. The molecule has 0 aliphatic heterocycles. The highest BCUT2D eigenvalue weighted by Gasteiger charge is 2.14. The minimum atomic E-state index is -0.242. The molecule has 5 nitrogen and oxygen atoms in total. The van der Waals surface area contributed by atoms with Crippen molar-refractivity contribution < 1.29 is 4.79 Å². The van der Waals surface area contributed by atoms with E-state index in [9.17, 15) is 4.79 Å². The number of aromatic nitrogens is 2. The second-order valence-electron chi connectivity index (χ2n) is 3.91. The lowest BCUT2D eigenvalue weighted by atomic mass is 10.1. The molecule has 2 aromatic rings. The van der Waals surface area contributed by atoms with Gasteiger partial charge in [-0.3, -0.25) is 9.48 Å². The summed E-state index contributed by atoms with van der Waals surface area (Å²) in [6.07, 6.45) is 1.42. The highest BCUT2D eigenvalue weighted by Crippen LogP contribution is 2.15. The highest BCUT2D eigenvalue weighted by molar-refractivity contribution is 6.05. The number of carbonyl (C=O) groups excluding carboxylic acids is 1. The van der Waals surface area contributed by atoms with Gasteiger partial charge in [0, 0.05) is 12.6 Å². The van der Waals surface area contributed by atoms with E-state index in [0.29, 0.717) is 16.9 Å². The number of nitrogens with one attached hydrogen (secondary N) is 1. The molecule has 0 unspecified atom stereocenters. The van der Waals surface area contributed by atoms with Gasteiger partial charge in [-0.25, -0.2) is 0 Å². The lowest BCUT2D eigenvalue weighted by Gasteiger charge is -2.07. The summed E-state index contributed by atoms with van der Waals surface area (Å²) in [5.74, 6) is 0.166. The first-order valence-electron chi connectivity index (χ1n) is 5.42. The van der Waals surface area contributed by atoms with E-state index in [1.807, 2.05) is 25.1 Å². The van der Waals surface area contributed by atoms with Crippen LogP contribution >= 0.6 is 0 Å². The van der Waals surface area contributed by atoms with Gasteiger partial charge in [0.25, 0.3) is 5.91 Å². The Morgan fingerprint density at radius 1 is 1.44 bits per heavy atom. The summed E-state index contributed by atoms with van der Waals surface area (Å²) in [6.45, 7) is 1.86. The minimum Gasteiger partial charge on any atom is -0.306 e. The highest BCUT2D eigenvalue weighted by atomic mass is 16.1. The van der Waals surface area contributed by atoms with Crippen LogP contribution in [0.15, 0.2) is 30.5 Å². The van der Waals surface area contributed by atoms with Crippen LogP contribution in [0.4, 0.5) is 5.82 Å². The molecule has 0 aliphatic carbocycles. The molecule has 0 atom stereocenters. The molecule has 1 amide bonds. The fraction of sp³-hybridized carbons (Fsp3) is 0.154. The van der Waals surface area contributed by atoms with Gasteiger partial charge in [-0.1, -0.05) is 18.2 Å². The van der Waals surface area contributed by atoms with Crippen LogP contribution in [0, 0.1) is 18.3 Å². The average molecular weight is 240 g/mol. The Morgan fingerprint density at radius 2 is 2.17 bits per heavy atom. The van der Waals surface area contributed by atoms with Crippen LogP contribution in [0.1, 0.15) is 21.5 Å². The van der Waals surface area contributed by atoms with Crippen molar-refractivity contribution >= 4 is 11.7 Å². The summed E-state index contributed by atoms with van der Waals surface area (Å²) in [5, 5.41) is 15.6. The number of nitriles is 1. The maximum Gasteiger partial charge on any atom is 0.257 e. The van der Waals surface area contributed by atoms with E-state index in [1.165, 1.54) is 10.9 Å². The summed E-state index contributed by atoms with van der Waals surface area (Å²) in [7, 11) is 1.67. The molecule has 5 heteroatoms. The molecule has 0 fully saturated rings.